The second-order valence-electron chi connectivity index (χ2n) is 3.65. The van der Waals surface area contributed by atoms with Gasteiger partial charge in [-0.2, -0.15) is 0 Å². The molecule has 0 bridgehead atoms. The van der Waals surface area contributed by atoms with Crippen LogP contribution in [0.3, 0.4) is 0 Å². The van der Waals surface area contributed by atoms with Crippen molar-refractivity contribution in [2.24, 2.45) is 4.99 Å². The third kappa shape index (κ3) is 2.61. The zero-order valence-corrected chi connectivity index (χ0v) is 10.5. The summed E-state index contributed by atoms with van der Waals surface area (Å²) >= 11 is 5.90. The summed E-state index contributed by atoms with van der Waals surface area (Å²) in [5.41, 5.74) is 2.06. The second-order valence-corrected chi connectivity index (χ2v) is 4.01. The van der Waals surface area contributed by atoms with Gasteiger partial charge in [0.05, 0.1) is 0 Å². The Bertz CT molecular complexity index is 687. The molecule has 0 aliphatic heterocycles. The first-order valence-electron chi connectivity index (χ1n) is 5.17. The minimum atomic E-state index is -1.17. The number of carboxylic acid groups (broad SMARTS) is 1. The van der Waals surface area contributed by atoms with E-state index in [1.54, 1.807) is 6.07 Å². The van der Waals surface area contributed by atoms with Gasteiger partial charge in [0.15, 0.2) is 11.0 Å². The van der Waals surface area contributed by atoms with Gasteiger partial charge in [-0.15, -0.1) is 0 Å². The maximum absolute atomic E-state index is 11.2. The Labute approximate surface area is 112 Å². The topological polar surface area (TPSA) is 108 Å². The van der Waals surface area contributed by atoms with Crippen LogP contribution in [-0.2, 0) is 0 Å². The normalized spacial score (nSPS) is 11.6. The van der Waals surface area contributed by atoms with Gasteiger partial charge in [0.25, 0.3) is 0 Å². The number of hydrogen-bond donors (Lipinski definition) is 3. The number of halogens is 1. The monoisotopic (exact) mass is 280 g/mol. The van der Waals surface area contributed by atoms with Crippen molar-refractivity contribution in [3.8, 4) is 0 Å². The molecule has 98 valence electrons. The summed E-state index contributed by atoms with van der Waals surface area (Å²) in [5, 5.41) is 18.5. The fourth-order valence-electron chi connectivity index (χ4n) is 1.48. The number of hydrogen-bond acceptors (Lipinski definition) is 5. The summed E-state index contributed by atoms with van der Waals surface area (Å²) in [4.78, 5) is 23.0. The van der Waals surface area contributed by atoms with Crippen molar-refractivity contribution in [1.29, 1.82) is 0 Å². The molecular weight excluding hydrogens is 272 g/mol. The summed E-state index contributed by atoms with van der Waals surface area (Å²) in [7, 11) is 0. The van der Waals surface area contributed by atoms with E-state index in [9.17, 15) is 4.79 Å². The van der Waals surface area contributed by atoms with Crippen LogP contribution >= 0.6 is 11.6 Å². The van der Waals surface area contributed by atoms with E-state index < -0.39 is 5.97 Å². The molecule has 0 spiro atoms. The SMILES string of the molecule is CC(=Nc1nc2c(Cl)nccc2cc1C(=O)O)NO. The largest absolute Gasteiger partial charge is 0.478 e. The Morgan fingerprint density at radius 1 is 1.53 bits per heavy atom. The van der Waals surface area contributed by atoms with Crippen LogP contribution in [0.4, 0.5) is 5.82 Å². The van der Waals surface area contributed by atoms with Gasteiger partial charge in [0.1, 0.15) is 16.9 Å². The van der Waals surface area contributed by atoms with Crippen molar-refractivity contribution in [2.45, 2.75) is 6.92 Å². The summed E-state index contributed by atoms with van der Waals surface area (Å²) in [6, 6.07) is 3.01. The number of nitrogens with zero attached hydrogens (tertiary/aromatic N) is 3. The lowest BCUT2D eigenvalue weighted by Gasteiger charge is -2.05. The van der Waals surface area contributed by atoms with E-state index in [2.05, 4.69) is 15.0 Å². The van der Waals surface area contributed by atoms with Gasteiger partial charge in [-0.1, -0.05) is 11.6 Å². The number of nitrogens with one attached hydrogen (secondary N) is 1. The molecule has 0 fully saturated rings. The highest BCUT2D eigenvalue weighted by Crippen LogP contribution is 2.26. The van der Waals surface area contributed by atoms with Crippen molar-refractivity contribution in [3.05, 3.63) is 29.0 Å². The van der Waals surface area contributed by atoms with Crippen molar-refractivity contribution < 1.29 is 15.1 Å². The van der Waals surface area contributed by atoms with Crippen molar-refractivity contribution >= 4 is 40.1 Å². The molecule has 3 N–H and O–H groups in total. The minimum Gasteiger partial charge on any atom is -0.478 e. The van der Waals surface area contributed by atoms with Crippen molar-refractivity contribution in [1.82, 2.24) is 15.4 Å². The van der Waals surface area contributed by atoms with Gasteiger partial charge in [0.2, 0.25) is 0 Å². The predicted molar refractivity (Wildman–Crippen MR) is 69.2 cm³/mol. The number of aromatic nitrogens is 2. The van der Waals surface area contributed by atoms with Gasteiger partial charge >= 0.3 is 5.97 Å². The summed E-state index contributed by atoms with van der Waals surface area (Å²) in [5.74, 6) is -1.13. The lowest BCUT2D eigenvalue weighted by atomic mass is 10.2. The molecule has 0 aromatic carbocycles. The average molecular weight is 281 g/mol. The van der Waals surface area contributed by atoms with E-state index >= 15 is 0 Å². The van der Waals surface area contributed by atoms with Crippen molar-refractivity contribution in [2.75, 3.05) is 0 Å². The third-order valence-electron chi connectivity index (χ3n) is 2.34. The molecule has 2 rings (SSSR count). The quantitative estimate of drug-likeness (QED) is 0.336. The predicted octanol–water partition coefficient (Wildman–Crippen LogP) is 2.01. The molecule has 0 aliphatic rings. The fraction of sp³-hybridized carbons (Fsp3) is 0.0909. The molecule has 0 amide bonds. The van der Waals surface area contributed by atoms with Crippen LogP contribution in [0, 0.1) is 0 Å². The number of fused-ring (bicyclic) bond motifs is 1. The lowest BCUT2D eigenvalue weighted by Crippen LogP contribution is -2.14. The summed E-state index contributed by atoms with van der Waals surface area (Å²) in [6.45, 7) is 1.46. The Morgan fingerprint density at radius 2 is 2.26 bits per heavy atom. The number of hydroxylamine groups is 1. The minimum absolute atomic E-state index is 0.0612. The average Bonchev–Trinajstić information content (AvgIpc) is 2.38. The molecule has 0 atom stereocenters. The molecule has 0 saturated heterocycles. The molecule has 0 saturated carbocycles. The first kappa shape index (κ1) is 13.2. The summed E-state index contributed by atoms with van der Waals surface area (Å²) < 4.78 is 0. The highest BCUT2D eigenvalue weighted by Gasteiger charge is 2.14. The van der Waals surface area contributed by atoms with Gasteiger partial charge < -0.3 is 5.11 Å². The van der Waals surface area contributed by atoms with E-state index in [4.69, 9.17) is 21.9 Å². The standard InChI is InChI=1S/C11H9ClN4O3/c1-5(16-19)14-10-7(11(17)18)4-6-2-3-13-9(12)8(6)15-10/h2-4,19H,1H3,(H,17,18)(H,14,15,16). The van der Waals surface area contributed by atoms with Gasteiger partial charge in [0, 0.05) is 11.6 Å². The van der Waals surface area contributed by atoms with E-state index in [1.807, 2.05) is 5.48 Å². The smallest absolute Gasteiger partial charge is 0.339 e. The van der Waals surface area contributed by atoms with Gasteiger partial charge in [-0.3, -0.25) is 10.7 Å². The highest BCUT2D eigenvalue weighted by atomic mass is 35.5. The van der Waals surface area contributed by atoms with Gasteiger partial charge in [-0.25, -0.2) is 19.8 Å². The number of carboxylic acids is 1. The molecule has 2 aromatic rings. The van der Waals surface area contributed by atoms with Crippen LogP contribution in [0.1, 0.15) is 17.3 Å². The van der Waals surface area contributed by atoms with Crippen LogP contribution < -0.4 is 5.48 Å². The zero-order chi connectivity index (χ0) is 14.0. The van der Waals surface area contributed by atoms with Crippen molar-refractivity contribution in [3.63, 3.8) is 0 Å². The van der Waals surface area contributed by atoms with E-state index in [-0.39, 0.29) is 22.4 Å². The maximum atomic E-state index is 11.2. The molecule has 7 nitrogen and oxygen atoms in total. The molecule has 0 radical (unpaired) electrons. The van der Waals surface area contributed by atoms with Gasteiger partial charge in [-0.05, 0) is 19.1 Å². The van der Waals surface area contributed by atoms with Crippen LogP contribution in [-0.4, -0.2) is 32.1 Å². The molecule has 0 unspecified atom stereocenters. The first-order valence-corrected chi connectivity index (χ1v) is 5.54. The Morgan fingerprint density at radius 3 is 2.89 bits per heavy atom. The number of rotatable bonds is 2. The number of pyridine rings is 2. The first-order chi connectivity index (χ1) is 9.02. The third-order valence-corrected chi connectivity index (χ3v) is 2.61. The molecule has 8 heteroatoms. The van der Waals surface area contributed by atoms with E-state index in [0.717, 1.165) is 0 Å². The Hall–Kier alpha value is -2.25. The highest BCUT2D eigenvalue weighted by molar-refractivity contribution is 6.33. The Balaban J connectivity index is 2.76. The Kier molecular flexibility index (Phi) is 3.59. The molecular formula is C11H9ClN4O3. The van der Waals surface area contributed by atoms with Crippen LogP contribution in [0.2, 0.25) is 5.15 Å². The van der Waals surface area contributed by atoms with E-state index in [1.165, 1.54) is 19.2 Å². The van der Waals surface area contributed by atoms with Crippen LogP contribution in [0.5, 0.6) is 0 Å². The summed E-state index contributed by atoms with van der Waals surface area (Å²) in [6.07, 6.45) is 1.46. The molecule has 19 heavy (non-hydrogen) atoms. The second kappa shape index (κ2) is 5.17. The fourth-order valence-corrected chi connectivity index (χ4v) is 1.69. The lowest BCUT2D eigenvalue weighted by molar-refractivity contribution is 0.0697. The molecule has 2 heterocycles. The number of aliphatic imine (C=N–C) groups is 1. The van der Waals surface area contributed by atoms with E-state index in [0.29, 0.717) is 10.9 Å². The molecule has 0 aliphatic carbocycles. The zero-order valence-electron chi connectivity index (χ0n) is 9.75. The number of amidine groups is 1. The maximum Gasteiger partial charge on any atom is 0.339 e. The number of aromatic carboxylic acids is 1. The number of carbonyl (C=O) groups is 1. The van der Waals surface area contributed by atoms with Crippen LogP contribution in [0.15, 0.2) is 23.3 Å². The van der Waals surface area contributed by atoms with Crippen LogP contribution in [0.25, 0.3) is 10.9 Å². The molecule has 2 aromatic heterocycles.